The lowest BCUT2D eigenvalue weighted by atomic mass is 10.0. The van der Waals surface area contributed by atoms with Gasteiger partial charge in [0.2, 0.25) is 6.29 Å². The highest BCUT2D eigenvalue weighted by molar-refractivity contribution is 7.07. The van der Waals surface area contributed by atoms with E-state index in [0.717, 1.165) is 5.56 Å². The number of thiazole rings is 1. The van der Waals surface area contributed by atoms with Crippen LogP contribution < -0.4 is 14.9 Å². The van der Waals surface area contributed by atoms with Gasteiger partial charge < -0.3 is 19.3 Å². The molecular weight excluding hydrogens is 508 g/mol. The molecule has 0 saturated carbocycles. The summed E-state index contributed by atoms with van der Waals surface area (Å²) >= 11 is 1.17. The highest BCUT2D eigenvalue weighted by atomic mass is 32.1. The minimum atomic E-state index is -1.03. The van der Waals surface area contributed by atoms with Gasteiger partial charge in [0.25, 0.3) is 5.56 Å². The topological polar surface area (TPSA) is 116 Å². The molecule has 0 fully saturated rings. The van der Waals surface area contributed by atoms with E-state index in [-0.39, 0.29) is 23.3 Å². The maximum Gasteiger partial charge on any atom is 0.338 e. The Labute approximate surface area is 221 Å². The smallest absolute Gasteiger partial charge is 0.338 e. The molecule has 1 aromatic heterocycles. The van der Waals surface area contributed by atoms with Crippen molar-refractivity contribution in [2.75, 3.05) is 6.61 Å². The Kier molecular flexibility index (Phi) is 6.97. The number of esters is 1. The van der Waals surface area contributed by atoms with Crippen molar-refractivity contribution in [3.8, 4) is 0 Å². The number of rotatable bonds is 7. The first-order valence-corrected chi connectivity index (χ1v) is 12.8. The molecule has 2 atom stereocenters. The number of carboxylic acids is 1. The van der Waals surface area contributed by atoms with Gasteiger partial charge in [0.15, 0.2) is 10.6 Å². The Morgan fingerprint density at radius 3 is 2.58 bits per heavy atom. The summed E-state index contributed by atoms with van der Waals surface area (Å²) in [5.74, 6) is -1.31. The van der Waals surface area contributed by atoms with E-state index in [1.165, 1.54) is 34.3 Å². The second-order valence-electron chi connectivity index (χ2n) is 8.62. The maximum atomic E-state index is 13.7. The molecule has 2 aliphatic heterocycles. The van der Waals surface area contributed by atoms with E-state index in [2.05, 4.69) is 4.99 Å². The van der Waals surface area contributed by atoms with Crippen molar-refractivity contribution in [3.63, 3.8) is 0 Å². The molecule has 3 heterocycles. The summed E-state index contributed by atoms with van der Waals surface area (Å²) in [5.41, 5.74) is 2.07. The third-order valence-electron chi connectivity index (χ3n) is 6.09. The van der Waals surface area contributed by atoms with Gasteiger partial charge in [-0.05, 0) is 43.2 Å². The number of benzene rings is 2. The maximum absolute atomic E-state index is 13.7. The van der Waals surface area contributed by atoms with Crippen molar-refractivity contribution in [3.05, 3.63) is 114 Å². The first-order chi connectivity index (χ1) is 18.4. The fourth-order valence-electron chi connectivity index (χ4n) is 4.31. The standard InChI is InChI=1S/C28H24N2O7S/c1-3-35-27(34)23-16(2)29-28-30(24(23)20-15-36-22(37-20)14-17-7-5-4-6-8-17)25(31)21(38-28)13-18-9-11-19(12-10-18)26(32)33/h4-13,15,22,24H,3,14H2,1-2H3,(H,32,33). The highest BCUT2D eigenvalue weighted by Gasteiger charge is 2.39. The molecule has 2 unspecified atom stereocenters. The second kappa shape index (κ2) is 10.5. The van der Waals surface area contributed by atoms with Gasteiger partial charge >= 0.3 is 11.9 Å². The zero-order valence-electron chi connectivity index (χ0n) is 20.6. The number of aromatic nitrogens is 1. The number of carbonyl (C=O) groups excluding carboxylic acids is 1. The van der Waals surface area contributed by atoms with Crippen LogP contribution in [0.25, 0.3) is 6.08 Å². The van der Waals surface area contributed by atoms with Gasteiger partial charge in [-0.2, -0.15) is 0 Å². The first-order valence-electron chi connectivity index (χ1n) is 11.9. The van der Waals surface area contributed by atoms with E-state index in [1.54, 1.807) is 32.1 Å². The Balaban J connectivity index is 1.55. The SMILES string of the molecule is CCOC(=O)C1=C(C)N=c2sc(=Cc3ccc(C(=O)O)cc3)c(=O)n2C1C1=COC(Cc2ccccc2)O1. The Morgan fingerprint density at radius 1 is 1.16 bits per heavy atom. The van der Waals surface area contributed by atoms with Crippen LogP contribution in [0.1, 0.15) is 41.4 Å². The average Bonchev–Trinajstić information content (AvgIpc) is 3.48. The Hall–Kier alpha value is -4.44. The van der Waals surface area contributed by atoms with Crippen LogP contribution >= 0.6 is 11.3 Å². The molecule has 38 heavy (non-hydrogen) atoms. The minimum absolute atomic E-state index is 0.147. The molecule has 5 rings (SSSR count). The lowest BCUT2D eigenvalue weighted by Crippen LogP contribution is -2.40. The van der Waals surface area contributed by atoms with E-state index in [0.29, 0.717) is 32.8 Å². The fraction of sp³-hybridized carbons (Fsp3) is 0.214. The van der Waals surface area contributed by atoms with Crippen LogP contribution in [0, 0.1) is 0 Å². The zero-order chi connectivity index (χ0) is 26.8. The number of carbonyl (C=O) groups is 2. The van der Waals surface area contributed by atoms with Crippen LogP contribution in [0.15, 0.2) is 87.7 Å². The number of allylic oxidation sites excluding steroid dienone is 2. The molecule has 0 amide bonds. The average molecular weight is 533 g/mol. The van der Waals surface area contributed by atoms with Gasteiger partial charge in [-0.1, -0.05) is 53.8 Å². The van der Waals surface area contributed by atoms with Gasteiger partial charge in [-0.25, -0.2) is 14.6 Å². The second-order valence-corrected chi connectivity index (χ2v) is 9.63. The third kappa shape index (κ3) is 4.90. The highest BCUT2D eigenvalue weighted by Crippen LogP contribution is 2.35. The van der Waals surface area contributed by atoms with E-state index >= 15 is 0 Å². The Morgan fingerprint density at radius 2 is 1.89 bits per heavy atom. The van der Waals surface area contributed by atoms with Crippen LogP contribution in [-0.2, 0) is 25.4 Å². The summed E-state index contributed by atoms with van der Waals surface area (Å²) in [6.07, 6.45) is 2.96. The molecule has 0 radical (unpaired) electrons. The van der Waals surface area contributed by atoms with Crippen molar-refractivity contribution in [1.82, 2.24) is 4.57 Å². The zero-order valence-corrected chi connectivity index (χ0v) is 21.4. The van der Waals surface area contributed by atoms with Crippen molar-refractivity contribution < 1.29 is 28.9 Å². The fourth-order valence-corrected chi connectivity index (χ4v) is 5.36. The molecule has 0 saturated heterocycles. The van der Waals surface area contributed by atoms with Gasteiger partial charge in [0, 0.05) is 6.42 Å². The van der Waals surface area contributed by atoms with Crippen LogP contribution in [0.3, 0.4) is 0 Å². The summed E-state index contributed by atoms with van der Waals surface area (Å²) < 4.78 is 19.0. The molecule has 0 aliphatic carbocycles. The number of hydrogen-bond donors (Lipinski definition) is 1. The molecule has 0 spiro atoms. The predicted molar refractivity (Wildman–Crippen MR) is 139 cm³/mol. The molecule has 0 bridgehead atoms. The van der Waals surface area contributed by atoms with E-state index in [9.17, 15) is 14.4 Å². The lowest BCUT2D eigenvalue weighted by Gasteiger charge is -2.24. The van der Waals surface area contributed by atoms with Crippen molar-refractivity contribution in [1.29, 1.82) is 0 Å². The normalized spacial score (nSPS) is 18.7. The number of nitrogens with zero attached hydrogens (tertiary/aromatic N) is 2. The molecule has 9 nitrogen and oxygen atoms in total. The van der Waals surface area contributed by atoms with Gasteiger partial charge in [0.05, 0.1) is 28.0 Å². The van der Waals surface area contributed by atoms with Crippen LogP contribution in [0.5, 0.6) is 0 Å². The summed E-state index contributed by atoms with van der Waals surface area (Å²) in [7, 11) is 0. The molecule has 2 aromatic carbocycles. The summed E-state index contributed by atoms with van der Waals surface area (Å²) in [6.45, 7) is 3.56. The van der Waals surface area contributed by atoms with E-state index in [1.807, 2.05) is 30.3 Å². The molecule has 10 heteroatoms. The van der Waals surface area contributed by atoms with Crippen LogP contribution in [0.4, 0.5) is 0 Å². The lowest BCUT2D eigenvalue weighted by molar-refractivity contribution is -0.139. The quantitative estimate of drug-likeness (QED) is 0.465. The van der Waals surface area contributed by atoms with Crippen molar-refractivity contribution in [2.45, 2.75) is 32.6 Å². The van der Waals surface area contributed by atoms with Crippen molar-refractivity contribution >= 4 is 29.4 Å². The van der Waals surface area contributed by atoms with Gasteiger partial charge in [0.1, 0.15) is 12.3 Å². The Bertz CT molecular complexity index is 1630. The summed E-state index contributed by atoms with van der Waals surface area (Å²) in [6, 6.07) is 15.0. The largest absolute Gasteiger partial charge is 0.478 e. The molecular formula is C28H24N2O7S. The molecule has 3 aromatic rings. The van der Waals surface area contributed by atoms with Crippen LogP contribution in [-0.4, -0.2) is 34.5 Å². The van der Waals surface area contributed by atoms with E-state index < -0.39 is 24.3 Å². The van der Waals surface area contributed by atoms with Gasteiger partial charge in [-0.3, -0.25) is 9.36 Å². The monoisotopic (exact) mass is 532 g/mol. The predicted octanol–water partition coefficient (Wildman–Crippen LogP) is 2.91. The first kappa shape index (κ1) is 25.2. The number of ether oxygens (including phenoxy) is 3. The summed E-state index contributed by atoms with van der Waals surface area (Å²) in [5, 5.41) is 9.14. The number of fused-ring (bicyclic) bond motifs is 1. The van der Waals surface area contributed by atoms with E-state index in [4.69, 9.17) is 19.3 Å². The number of carboxylic acid groups (broad SMARTS) is 1. The molecule has 2 aliphatic rings. The van der Waals surface area contributed by atoms with Crippen molar-refractivity contribution in [2.24, 2.45) is 4.99 Å². The van der Waals surface area contributed by atoms with Gasteiger partial charge in [-0.15, -0.1) is 0 Å². The third-order valence-corrected chi connectivity index (χ3v) is 7.07. The minimum Gasteiger partial charge on any atom is -0.478 e. The molecule has 1 N–H and O–H groups in total. The van der Waals surface area contributed by atoms with Crippen LogP contribution in [0.2, 0.25) is 0 Å². The number of aromatic carboxylic acids is 1. The molecule has 194 valence electrons. The summed E-state index contributed by atoms with van der Waals surface area (Å²) in [4.78, 5) is 42.8. The number of hydrogen-bond acceptors (Lipinski definition) is 8.